The molecule has 0 aliphatic carbocycles. The zero-order chi connectivity index (χ0) is 16.3. The third kappa shape index (κ3) is 4.60. The zero-order valence-electron chi connectivity index (χ0n) is 13.2. The summed E-state index contributed by atoms with van der Waals surface area (Å²) in [6.45, 7) is 6.73. The number of carbonyl (C=O) groups is 1. The predicted molar refractivity (Wildman–Crippen MR) is 88.6 cm³/mol. The zero-order valence-corrected chi connectivity index (χ0v) is 14.7. The highest BCUT2D eigenvalue weighted by atomic mass is 79.9. The lowest BCUT2D eigenvalue weighted by Gasteiger charge is -2.35. The molecule has 1 heterocycles. The van der Waals surface area contributed by atoms with Crippen LogP contribution in [0.3, 0.4) is 0 Å². The Morgan fingerprint density at radius 1 is 1.45 bits per heavy atom. The average Bonchev–Trinajstić information content (AvgIpc) is 2.41. The molecule has 0 bridgehead atoms. The normalized spacial score (nSPS) is 19.0. The molecule has 1 amide bonds. The fourth-order valence-corrected chi connectivity index (χ4v) is 2.88. The minimum atomic E-state index is -0.508. The molecule has 2 rings (SSSR count). The molecule has 1 aromatic carbocycles. The van der Waals surface area contributed by atoms with Crippen LogP contribution in [-0.4, -0.2) is 35.7 Å². The highest BCUT2D eigenvalue weighted by Gasteiger charge is 2.28. The molecule has 0 spiro atoms. The van der Waals surface area contributed by atoms with Crippen molar-refractivity contribution >= 4 is 27.7 Å². The summed E-state index contributed by atoms with van der Waals surface area (Å²) in [6, 6.07) is 4.87. The molecule has 1 aliphatic rings. The highest BCUT2D eigenvalue weighted by Crippen LogP contribution is 2.27. The first-order valence-corrected chi connectivity index (χ1v) is 8.24. The first kappa shape index (κ1) is 17.1. The maximum Gasteiger partial charge on any atom is 0.410 e. The van der Waals surface area contributed by atoms with Crippen LogP contribution in [0, 0.1) is 5.82 Å². The van der Waals surface area contributed by atoms with Crippen molar-refractivity contribution in [2.75, 3.05) is 18.4 Å². The van der Waals surface area contributed by atoms with E-state index in [1.807, 2.05) is 20.8 Å². The fourth-order valence-electron chi connectivity index (χ4n) is 2.43. The monoisotopic (exact) mass is 372 g/mol. The minimum Gasteiger partial charge on any atom is -0.444 e. The number of carbonyl (C=O) groups excluding carboxylic acids is 1. The smallest absolute Gasteiger partial charge is 0.410 e. The Morgan fingerprint density at radius 2 is 2.18 bits per heavy atom. The molecular weight excluding hydrogens is 351 g/mol. The second-order valence-corrected chi connectivity index (χ2v) is 7.36. The molecule has 0 saturated carbocycles. The van der Waals surface area contributed by atoms with E-state index in [2.05, 4.69) is 21.2 Å². The maximum absolute atomic E-state index is 13.9. The Hall–Kier alpha value is -1.30. The van der Waals surface area contributed by atoms with Crippen LogP contribution >= 0.6 is 15.9 Å². The summed E-state index contributed by atoms with van der Waals surface area (Å²) < 4.78 is 20.0. The number of rotatable bonds is 2. The SMILES string of the molecule is CC(C)(C)OC(=O)N1CCCC(Nc2c(F)cccc2Br)C1. The molecule has 1 aromatic rings. The van der Waals surface area contributed by atoms with Crippen molar-refractivity contribution in [3.63, 3.8) is 0 Å². The van der Waals surface area contributed by atoms with Crippen LogP contribution < -0.4 is 5.32 Å². The molecule has 1 unspecified atom stereocenters. The van der Waals surface area contributed by atoms with Gasteiger partial charge in [0.2, 0.25) is 0 Å². The summed E-state index contributed by atoms with van der Waals surface area (Å²) in [5.41, 5.74) is -0.0648. The van der Waals surface area contributed by atoms with Gasteiger partial charge in [-0.15, -0.1) is 0 Å². The molecule has 1 aliphatic heterocycles. The number of halogens is 2. The van der Waals surface area contributed by atoms with E-state index in [1.165, 1.54) is 6.07 Å². The largest absolute Gasteiger partial charge is 0.444 e. The summed E-state index contributed by atoms with van der Waals surface area (Å²) in [5, 5.41) is 3.19. The van der Waals surface area contributed by atoms with Crippen LogP contribution in [0.1, 0.15) is 33.6 Å². The minimum absolute atomic E-state index is 0.00877. The lowest BCUT2D eigenvalue weighted by molar-refractivity contribution is 0.0206. The van der Waals surface area contributed by atoms with Gasteiger partial charge >= 0.3 is 6.09 Å². The highest BCUT2D eigenvalue weighted by molar-refractivity contribution is 9.10. The summed E-state index contributed by atoms with van der Waals surface area (Å²) in [7, 11) is 0. The number of nitrogens with one attached hydrogen (secondary N) is 1. The number of amides is 1. The van der Waals surface area contributed by atoms with Gasteiger partial charge in [-0.2, -0.15) is 0 Å². The topological polar surface area (TPSA) is 41.6 Å². The average molecular weight is 373 g/mol. The Morgan fingerprint density at radius 3 is 2.82 bits per heavy atom. The molecule has 1 N–H and O–H groups in total. The van der Waals surface area contributed by atoms with Crippen molar-refractivity contribution in [2.45, 2.75) is 45.3 Å². The Labute approximate surface area is 139 Å². The van der Waals surface area contributed by atoms with Crippen LogP contribution in [0.25, 0.3) is 0 Å². The van der Waals surface area contributed by atoms with E-state index < -0.39 is 5.60 Å². The second-order valence-electron chi connectivity index (χ2n) is 6.51. The molecule has 6 heteroatoms. The number of hydrogen-bond donors (Lipinski definition) is 1. The van der Waals surface area contributed by atoms with Crippen molar-refractivity contribution in [1.29, 1.82) is 0 Å². The number of para-hydroxylation sites is 1. The summed E-state index contributed by atoms with van der Waals surface area (Å²) in [6.07, 6.45) is 1.44. The van der Waals surface area contributed by atoms with Gasteiger partial charge < -0.3 is 15.0 Å². The number of hydrogen-bond acceptors (Lipinski definition) is 3. The van der Waals surface area contributed by atoms with E-state index in [4.69, 9.17) is 4.74 Å². The van der Waals surface area contributed by atoms with Gasteiger partial charge in [0.25, 0.3) is 0 Å². The molecular formula is C16H22BrFN2O2. The number of likely N-dealkylation sites (tertiary alicyclic amines) is 1. The summed E-state index contributed by atoms with van der Waals surface area (Å²) in [5.74, 6) is -0.302. The van der Waals surface area contributed by atoms with E-state index in [0.717, 1.165) is 12.8 Å². The van der Waals surface area contributed by atoms with Crippen LogP contribution in [0.4, 0.5) is 14.9 Å². The number of ether oxygens (including phenoxy) is 1. The van der Waals surface area contributed by atoms with Gasteiger partial charge in [0.15, 0.2) is 0 Å². The molecule has 0 radical (unpaired) electrons. The van der Waals surface area contributed by atoms with E-state index in [0.29, 0.717) is 23.2 Å². The first-order valence-electron chi connectivity index (χ1n) is 7.45. The van der Waals surface area contributed by atoms with Crippen molar-refractivity contribution in [2.24, 2.45) is 0 Å². The van der Waals surface area contributed by atoms with Gasteiger partial charge in [0.05, 0.1) is 5.69 Å². The van der Waals surface area contributed by atoms with Gasteiger partial charge in [-0.05, 0) is 61.7 Å². The number of nitrogens with zero attached hydrogens (tertiary/aromatic N) is 1. The van der Waals surface area contributed by atoms with E-state index in [-0.39, 0.29) is 18.0 Å². The van der Waals surface area contributed by atoms with Crippen molar-refractivity contribution < 1.29 is 13.9 Å². The van der Waals surface area contributed by atoms with E-state index >= 15 is 0 Å². The van der Waals surface area contributed by atoms with Crippen molar-refractivity contribution in [3.05, 3.63) is 28.5 Å². The van der Waals surface area contributed by atoms with Gasteiger partial charge in [-0.25, -0.2) is 9.18 Å². The number of piperidine rings is 1. The maximum atomic E-state index is 13.9. The van der Waals surface area contributed by atoms with Crippen LogP contribution in [-0.2, 0) is 4.74 Å². The van der Waals surface area contributed by atoms with Gasteiger partial charge in [-0.1, -0.05) is 6.07 Å². The Kier molecular flexibility index (Phi) is 5.32. The molecule has 22 heavy (non-hydrogen) atoms. The van der Waals surface area contributed by atoms with Gasteiger partial charge in [0, 0.05) is 23.6 Å². The third-order valence-electron chi connectivity index (χ3n) is 3.38. The predicted octanol–water partition coefficient (Wildman–Crippen LogP) is 4.40. The lowest BCUT2D eigenvalue weighted by Crippen LogP contribution is -2.47. The summed E-state index contributed by atoms with van der Waals surface area (Å²) >= 11 is 3.35. The van der Waals surface area contributed by atoms with Crippen LogP contribution in [0.2, 0.25) is 0 Å². The second kappa shape index (κ2) is 6.86. The third-order valence-corrected chi connectivity index (χ3v) is 4.05. The quantitative estimate of drug-likeness (QED) is 0.836. The molecule has 0 aromatic heterocycles. The van der Waals surface area contributed by atoms with Gasteiger partial charge in [-0.3, -0.25) is 0 Å². The first-order chi connectivity index (χ1) is 10.3. The molecule has 1 atom stereocenters. The lowest BCUT2D eigenvalue weighted by atomic mass is 10.1. The van der Waals surface area contributed by atoms with E-state index in [9.17, 15) is 9.18 Å². The molecule has 4 nitrogen and oxygen atoms in total. The Balaban J connectivity index is 2.00. The fraction of sp³-hybridized carbons (Fsp3) is 0.562. The molecule has 1 saturated heterocycles. The molecule has 1 fully saturated rings. The molecule has 122 valence electrons. The number of benzene rings is 1. The van der Waals surface area contributed by atoms with E-state index in [1.54, 1.807) is 17.0 Å². The van der Waals surface area contributed by atoms with Crippen molar-refractivity contribution in [3.8, 4) is 0 Å². The van der Waals surface area contributed by atoms with Crippen LogP contribution in [0.15, 0.2) is 22.7 Å². The van der Waals surface area contributed by atoms with Crippen molar-refractivity contribution in [1.82, 2.24) is 4.90 Å². The standard InChI is InChI=1S/C16H22BrFN2O2/c1-16(2,3)22-15(21)20-9-5-6-11(10-20)19-14-12(17)7-4-8-13(14)18/h4,7-8,11,19H,5-6,9-10H2,1-3H3. The number of anilines is 1. The summed E-state index contributed by atoms with van der Waals surface area (Å²) in [4.78, 5) is 13.8. The van der Waals surface area contributed by atoms with Gasteiger partial charge in [0.1, 0.15) is 11.4 Å². The Bertz CT molecular complexity index is 525. The van der Waals surface area contributed by atoms with Crippen LogP contribution in [0.5, 0.6) is 0 Å².